The molecule has 3 rings (SSSR count). The van der Waals surface area contributed by atoms with Gasteiger partial charge in [-0.3, -0.25) is 0 Å². The zero-order valence-corrected chi connectivity index (χ0v) is 11.5. The fourth-order valence-electron chi connectivity index (χ4n) is 2.95. The summed E-state index contributed by atoms with van der Waals surface area (Å²) in [6, 6.07) is 4.71. The summed E-state index contributed by atoms with van der Waals surface area (Å²) >= 11 is 0. The van der Waals surface area contributed by atoms with Gasteiger partial charge in [-0.1, -0.05) is 13.8 Å². The topological polar surface area (TPSA) is 40.7 Å². The Kier molecular flexibility index (Phi) is 3.05. The number of nitrogens with zero attached hydrogens (tertiary/aromatic N) is 1. The van der Waals surface area contributed by atoms with Crippen LogP contribution in [0.5, 0.6) is 0 Å². The molecule has 19 heavy (non-hydrogen) atoms. The van der Waals surface area contributed by atoms with Gasteiger partial charge in [-0.2, -0.15) is 0 Å². The number of aromatic amines is 1. The molecule has 0 aliphatic carbocycles. The summed E-state index contributed by atoms with van der Waals surface area (Å²) < 4.78 is 13.2. The molecule has 0 bridgehead atoms. The van der Waals surface area contributed by atoms with Crippen LogP contribution in [0.3, 0.4) is 0 Å². The highest BCUT2D eigenvalue weighted by Gasteiger charge is 2.34. The number of piperidine rings is 1. The third-order valence-electron chi connectivity index (χ3n) is 4.37. The Labute approximate surface area is 112 Å². The first-order chi connectivity index (χ1) is 9.07. The van der Waals surface area contributed by atoms with Crippen LogP contribution in [-0.4, -0.2) is 23.1 Å². The third-order valence-corrected chi connectivity index (χ3v) is 4.37. The Balaban J connectivity index is 1.97. The standard InChI is InChI=1S/C15H20FN3/c1-15(2,10-4-3-7-17-9-10)14-18-12-6-5-11(16)8-13(12)19-14/h5-6,8,10,17H,3-4,7,9H2,1-2H3,(H,18,19). The molecule has 0 spiro atoms. The number of rotatable bonds is 2. The van der Waals surface area contributed by atoms with Gasteiger partial charge in [0.2, 0.25) is 0 Å². The SMILES string of the molecule is CC(C)(c1nc2ccc(F)cc2[nH]1)C1CCCNC1. The predicted octanol–water partition coefficient (Wildman–Crippen LogP) is 2.98. The average molecular weight is 261 g/mol. The summed E-state index contributed by atoms with van der Waals surface area (Å²) in [5.74, 6) is 1.30. The number of imidazole rings is 1. The van der Waals surface area contributed by atoms with Gasteiger partial charge in [-0.15, -0.1) is 0 Å². The summed E-state index contributed by atoms with van der Waals surface area (Å²) in [5.41, 5.74) is 1.60. The fourth-order valence-corrected chi connectivity index (χ4v) is 2.95. The summed E-state index contributed by atoms with van der Waals surface area (Å²) in [5, 5.41) is 3.45. The quantitative estimate of drug-likeness (QED) is 0.872. The first kappa shape index (κ1) is 12.6. The van der Waals surface area contributed by atoms with Crippen LogP contribution in [0.2, 0.25) is 0 Å². The smallest absolute Gasteiger partial charge is 0.125 e. The first-order valence-electron chi connectivity index (χ1n) is 6.94. The molecule has 0 amide bonds. The van der Waals surface area contributed by atoms with Crippen LogP contribution in [0.25, 0.3) is 11.0 Å². The van der Waals surface area contributed by atoms with Crippen molar-refractivity contribution in [2.24, 2.45) is 5.92 Å². The van der Waals surface area contributed by atoms with Gasteiger partial charge in [0, 0.05) is 5.41 Å². The minimum absolute atomic E-state index is 0.0249. The number of hydrogen-bond donors (Lipinski definition) is 2. The maximum absolute atomic E-state index is 13.2. The molecule has 2 heterocycles. The highest BCUT2D eigenvalue weighted by molar-refractivity contribution is 5.75. The average Bonchev–Trinajstić information content (AvgIpc) is 2.83. The molecule has 1 saturated heterocycles. The fraction of sp³-hybridized carbons (Fsp3) is 0.533. The van der Waals surface area contributed by atoms with Gasteiger partial charge < -0.3 is 10.3 Å². The van der Waals surface area contributed by atoms with E-state index in [9.17, 15) is 4.39 Å². The Morgan fingerprint density at radius 2 is 2.21 bits per heavy atom. The van der Waals surface area contributed by atoms with E-state index < -0.39 is 0 Å². The van der Waals surface area contributed by atoms with Crippen LogP contribution in [0.1, 0.15) is 32.5 Å². The molecular weight excluding hydrogens is 241 g/mol. The van der Waals surface area contributed by atoms with E-state index in [2.05, 4.69) is 29.1 Å². The highest BCUT2D eigenvalue weighted by Crippen LogP contribution is 2.34. The van der Waals surface area contributed by atoms with Crippen LogP contribution < -0.4 is 5.32 Å². The lowest BCUT2D eigenvalue weighted by Gasteiger charge is -2.35. The van der Waals surface area contributed by atoms with Crippen molar-refractivity contribution < 1.29 is 4.39 Å². The van der Waals surface area contributed by atoms with Crippen molar-refractivity contribution in [2.75, 3.05) is 13.1 Å². The zero-order valence-electron chi connectivity index (χ0n) is 11.5. The highest BCUT2D eigenvalue weighted by atomic mass is 19.1. The van der Waals surface area contributed by atoms with E-state index in [1.54, 1.807) is 6.07 Å². The predicted molar refractivity (Wildman–Crippen MR) is 74.7 cm³/mol. The van der Waals surface area contributed by atoms with Crippen molar-refractivity contribution in [1.82, 2.24) is 15.3 Å². The van der Waals surface area contributed by atoms with Crippen LogP contribution >= 0.6 is 0 Å². The molecule has 1 unspecified atom stereocenters. The number of benzene rings is 1. The monoisotopic (exact) mass is 261 g/mol. The van der Waals surface area contributed by atoms with Crippen molar-refractivity contribution in [3.8, 4) is 0 Å². The van der Waals surface area contributed by atoms with Crippen LogP contribution in [0, 0.1) is 11.7 Å². The minimum atomic E-state index is -0.222. The second-order valence-electron chi connectivity index (χ2n) is 6.01. The number of hydrogen-bond acceptors (Lipinski definition) is 2. The van der Waals surface area contributed by atoms with Crippen LogP contribution in [-0.2, 0) is 5.41 Å². The van der Waals surface area contributed by atoms with Gasteiger partial charge in [0.15, 0.2) is 0 Å². The summed E-state index contributed by atoms with van der Waals surface area (Å²) in [6.45, 7) is 6.58. The van der Waals surface area contributed by atoms with Crippen molar-refractivity contribution in [3.05, 3.63) is 29.8 Å². The molecule has 4 heteroatoms. The van der Waals surface area contributed by atoms with Crippen LogP contribution in [0.15, 0.2) is 18.2 Å². The second-order valence-corrected chi connectivity index (χ2v) is 6.01. The van der Waals surface area contributed by atoms with Crippen molar-refractivity contribution in [1.29, 1.82) is 0 Å². The molecule has 3 nitrogen and oxygen atoms in total. The number of nitrogens with one attached hydrogen (secondary N) is 2. The normalized spacial score (nSPS) is 20.9. The van der Waals surface area contributed by atoms with Gasteiger partial charge in [0.25, 0.3) is 0 Å². The van der Waals surface area contributed by atoms with Crippen molar-refractivity contribution in [3.63, 3.8) is 0 Å². The summed E-state index contributed by atoms with van der Waals surface area (Å²) in [6.07, 6.45) is 2.42. The molecule has 1 atom stereocenters. The number of halogens is 1. The van der Waals surface area contributed by atoms with Gasteiger partial charge in [0.05, 0.1) is 11.0 Å². The maximum Gasteiger partial charge on any atom is 0.125 e. The van der Waals surface area contributed by atoms with E-state index in [-0.39, 0.29) is 11.2 Å². The summed E-state index contributed by atoms with van der Waals surface area (Å²) in [4.78, 5) is 7.95. The second kappa shape index (κ2) is 4.60. The van der Waals surface area contributed by atoms with Gasteiger partial charge >= 0.3 is 0 Å². The lowest BCUT2D eigenvalue weighted by Crippen LogP contribution is -2.41. The lowest BCUT2D eigenvalue weighted by molar-refractivity contribution is 0.243. The van der Waals surface area contributed by atoms with Crippen molar-refractivity contribution >= 4 is 11.0 Å². The Morgan fingerprint density at radius 3 is 2.95 bits per heavy atom. The van der Waals surface area contributed by atoms with E-state index in [0.717, 1.165) is 29.9 Å². The third kappa shape index (κ3) is 2.25. The number of fused-ring (bicyclic) bond motifs is 1. The van der Waals surface area contributed by atoms with Gasteiger partial charge in [-0.05, 0) is 50.0 Å². The Bertz CT molecular complexity index is 582. The molecule has 1 aromatic carbocycles. The molecule has 2 aromatic rings. The lowest BCUT2D eigenvalue weighted by atomic mass is 9.74. The molecule has 1 aliphatic rings. The van der Waals surface area contributed by atoms with E-state index in [1.807, 2.05) is 0 Å². The first-order valence-corrected chi connectivity index (χ1v) is 6.94. The zero-order chi connectivity index (χ0) is 13.5. The Morgan fingerprint density at radius 1 is 1.37 bits per heavy atom. The molecule has 102 valence electrons. The van der Waals surface area contributed by atoms with Crippen LogP contribution in [0.4, 0.5) is 4.39 Å². The number of aromatic nitrogens is 2. The molecular formula is C15H20FN3. The van der Waals surface area contributed by atoms with E-state index >= 15 is 0 Å². The Hall–Kier alpha value is -1.42. The summed E-state index contributed by atoms with van der Waals surface area (Å²) in [7, 11) is 0. The molecule has 0 radical (unpaired) electrons. The minimum Gasteiger partial charge on any atom is -0.341 e. The van der Waals surface area contributed by atoms with Gasteiger partial charge in [-0.25, -0.2) is 9.37 Å². The van der Waals surface area contributed by atoms with Gasteiger partial charge in [0.1, 0.15) is 11.6 Å². The van der Waals surface area contributed by atoms with E-state index in [1.165, 1.54) is 25.0 Å². The molecule has 0 saturated carbocycles. The van der Waals surface area contributed by atoms with E-state index in [0.29, 0.717) is 5.92 Å². The van der Waals surface area contributed by atoms with E-state index in [4.69, 9.17) is 0 Å². The van der Waals surface area contributed by atoms with Crippen molar-refractivity contribution in [2.45, 2.75) is 32.1 Å². The molecule has 2 N–H and O–H groups in total. The maximum atomic E-state index is 13.2. The largest absolute Gasteiger partial charge is 0.341 e. The molecule has 1 aliphatic heterocycles. The molecule has 1 aromatic heterocycles. The number of H-pyrrole nitrogens is 1. The molecule has 1 fully saturated rings.